The highest BCUT2D eigenvalue weighted by Crippen LogP contribution is 2.45. The monoisotopic (exact) mass is 416 g/mol. The van der Waals surface area contributed by atoms with Gasteiger partial charge in [0, 0.05) is 23.3 Å². The van der Waals surface area contributed by atoms with Gasteiger partial charge in [0.1, 0.15) is 17.5 Å². The van der Waals surface area contributed by atoms with E-state index in [1.165, 1.54) is 0 Å². The summed E-state index contributed by atoms with van der Waals surface area (Å²) >= 11 is 0. The number of rotatable bonds is 3. The number of methoxy groups -OCH3 is 1. The van der Waals surface area contributed by atoms with Crippen molar-refractivity contribution in [2.24, 2.45) is 5.41 Å². The summed E-state index contributed by atoms with van der Waals surface area (Å²) in [7, 11) is 1.63. The van der Waals surface area contributed by atoms with Gasteiger partial charge in [0.05, 0.1) is 7.11 Å². The van der Waals surface area contributed by atoms with Crippen LogP contribution in [0.5, 0.6) is 11.5 Å². The topological polar surface area (TPSA) is 89.3 Å². The Labute approximate surface area is 180 Å². The lowest BCUT2D eigenvalue weighted by Gasteiger charge is -2.38. The van der Waals surface area contributed by atoms with Crippen LogP contribution in [0.25, 0.3) is 11.4 Å². The summed E-state index contributed by atoms with van der Waals surface area (Å²) in [5, 5.41) is 17.7. The molecule has 0 spiro atoms. The number of anilines is 1. The number of ether oxygens (including phenoxy) is 1. The van der Waals surface area contributed by atoms with Crippen LogP contribution in [0.15, 0.2) is 59.8 Å². The molecule has 0 saturated heterocycles. The van der Waals surface area contributed by atoms with Crippen molar-refractivity contribution in [2.75, 3.05) is 12.4 Å². The van der Waals surface area contributed by atoms with E-state index in [1.807, 2.05) is 24.3 Å². The maximum atomic E-state index is 13.3. The first kappa shape index (κ1) is 19.4. The van der Waals surface area contributed by atoms with Gasteiger partial charge in [0.2, 0.25) is 5.95 Å². The Hall–Kier alpha value is -3.61. The van der Waals surface area contributed by atoms with Gasteiger partial charge in [-0.15, -0.1) is 5.10 Å². The van der Waals surface area contributed by atoms with Crippen LogP contribution in [0.3, 0.4) is 0 Å². The van der Waals surface area contributed by atoms with Gasteiger partial charge in [-0.3, -0.25) is 4.79 Å². The van der Waals surface area contributed by atoms with Crippen molar-refractivity contribution in [1.29, 1.82) is 0 Å². The molecule has 2 aromatic carbocycles. The zero-order valence-electron chi connectivity index (χ0n) is 17.7. The molecule has 0 unspecified atom stereocenters. The number of phenolic OH excluding ortho intramolecular Hbond substituents is 1. The summed E-state index contributed by atoms with van der Waals surface area (Å²) in [6.07, 6.45) is 1.26. The van der Waals surface area contributed by atoms with Gasteiger partial charge in [0.15, 0.2) is 11.6 Å². The second-order valence-corrected chi connectivity index (χ2v) is 8.88. The molecule has 1 aromatic heterocycles. The van der Waals surface area contributed by atoms with E-state index >= 15 is 0 Å². The molecule has 7 heteroatoms. The Bertz CT molecular complexity index is 1190. The van der Waals surface area contributed by atoms with E-state index in [2.05, 4.69) is 19.2 Å². The SMILES string of the molecule is COc1ccc([C@H]2C3=C(CC(C)(C)CC3=O)Nc3nc(-c4ccc(O)cc4)nn32)cc1. The molecule has 3 aromatic rings. The number of nitrogens with zero attached hydrogens (tertiary/aromatic N) is 3. The second kappa shape index (κ2) is 6.97. The number of nitrogens with one attached hydrogen (secondary N) is 1. The van der Waals surface area contributed by atoms with Crippen molar-refractivity contribution in [3.8, 4) is 22.9 Å². The highest BCUT2D eigenvalue weighted by Gasteiger charge is 2.41. The Balaban J connectivity index is 1.66. The molecule has 7 nitrogen and oxygen atoms in total. The van der Waals surface area contributed by atoms with Crippen LogP contribution >= 0.6 is 0 Å². The fraction of sp³-hybridized carbons (Fsp3) is 0.292. The number of hydrogen-bond donors (Lipinski definition) is 2. The summed E-state index contributed by atoms with van der Waals surface area (Å²) in [5.41, 5.74) is 3.29. The van der Waals surface area contributed by atoms with Crippen LogP contribution in [0.1, 0.15) is 38.3 Å². The minimum Gasteiger partial charge on any atom is -0.508 e. The van der Waals surface area contributed by atoms with Crippen molar-refractivity contribution < 1.29 is 14.6 Å². The highest BCUT2D eigenvalue weighted by atomic mass is 16.5. The largest absolute Gasteiger partial charge is 0.508 e. The first-order valence-electron chi connectivity index (χ1n) is 10.3. The number of aromatic hydroxyl groups is 1. The van der Waals surface area contributed by atoms with E-state index in [0.29, 0.717) is 18.2 Å². The number of hydrogen-bond acceptors (Lipinski definition) is 6. The number of fused-ring (bicyclic) bond motifs is 1. The van der Waals surface area contributed by atoms with Gasteiger partial charge in [-0.25, -0.2) is 4.68 Å². The van der Waals surface area contributed by atoms with E-state index in [9.17, 15) is 9.90 Å². The van der Waals surface area contributed by atoms with E-state index in [-0.39, 0.29) is 23.0 Å². The number of benzene rings is 2. The molecule has 0 fully saturated rings. The molecular formula is C24H24N4O3. The van der Waals surface area contributed by atoms with Crippen LogP contribution in [0.4, 0.5) is 5.95 Å². The summed E-state index contributed by atoms with van der Waals surface area (Å²) < 4.78 is 7.10. The summed E-state index contributed by atoms with van der Waals surface area (Å²) in [5.74, 6) is 2.21. The average molecular weight is 416 g/mol. The number of allylic oxidation sites excluding steroid dienone is 2. The Morgan fingerprint density at radius 2 is 1.81 bits per heavy atom. The standard InChI is InChI=1S/C24H24N4O3/c1-24(2)12-18-20(19(30)13-24)21(14-6-10-17(31-3)11-7-14)28-23(25-18)26-22(27-28)15-4-8-16(29)9-5-15/h4-11,21,29H,12-13H2,1-3H3,(H,25,26,27)/t21-/m0/s1. The van der Waals surface area contributed by atoms with Crippen molar-refractivity contribution in [1.82, 2.24) is 14.8 Å². The number of carbonyl (C=O) groups excluding carboxylic acids is 1. The number of Topliss-reactive ketones (excluding diaryl/α,β-unsaturated/α-hetero) is 1. The second-order valence-electron chi connectivity index (χ2n) is 8.88. The summed E-state index contributed by atoms with van der Waals surface area (Å²) in [6.45, 7) is 4.22. The Morgan fingerprint density at radius 1 is 1.10 bits per heavy atom. The fourth-order valence-electron chi connectivity index (χ4n) is 4.44. The lowest BCUT2D eigenvalue weighted by atomic mass is 9.73. The van der Waals surface area contributed by atoms with Crippen molar-refractivity contribution >= 4 is 11.7 Å². The quantitative estimate of drug-likeness (QED) is 0.661. The molecular weight excluding hydrogens is 392 g/mol. The Morgan fingerprint density at radius 3 is 2.48 bits per heavy atom. The summed E-state index contributed by atoms with van der Waals surface area (Å²) in [4.78, 5) is 18.0. The number of carbonyl (C=O) groups is 1. The number of aromatic nitrogens is 3. The molecule has 0 amide bonds. The molecule has 1 aliphatic carbocycles. The van der Waals surface area contributed by atoms with E-state index in [4.69, 9.17) is 14.8 Å². The van der Waals surface area contributed by atoms with Crippen LogP contribution in [-0.4, -0.2) is 32.8 Å². The maximum Gasteiger partial charge on any atom is 0.226 e. The molecule has 1 aliphatic heterocycles. The molecule has 5 rings (SSSR count). The van der Waals surface area contributed by atoms with Gasteiger partial charge >= 0.3 is 0 Å². The van der Waals surface area contributed by atoms with Crippen LogP contribution in [0, 0.1) is 5.41 Å². The van der Waals surface area contributed by atoms with Gasteiger partial charge in [-0.1, -0.05) is 26.0 Å². The van der Waals surface area contributed by atoms with Gasteiger partial charge in [0.25, 0.3) is 0 Å². The first-order valence-corrected chi connectivity index (χ1v) is 10.3. The third kappa shape index (κ3) is 3.36. The van der Waals surface area contributed by atoms with Gasteiger partial charge in [-0.2, -0.15) is 4.98 Å². The minimum atomic E-state index is -0.362. The third-order valence-electron chi connectivity index (χ3n) is 5.89. The molecule has 0 radical (unpaired) electrons. The predicted octanol–water partition coefficient (Wildman–Crippen LogP) is 4.32. The average Bonchev–Trinajstić information content (AvgIpc) is 3.15. The molecule has 158 valence electrons. The minimum absolute atomic E-state index is 0.116. The van der Waals surface area contributed by atoms with Crippen LogP contribution in [-0.2, 0) is 4.79 Å². The van der Waals surface area contributed by atoms with E-state index in [1.54, 1.807) is 36.1 Å². The normalized spacial score (nSPS) is 19.5. The molecule has 31 heavy (non-hydrogen) atoms. The summed E-state index contributed by atoms with van der Waals surface area (Å²) in [6, 6.07) is 14.1. The van der Waals surface area contributed by atoms with Crippen LogP contribution < -0.4 is 10.1 Å². The third-order valence-corrected chi connectivity index (χ3v) is 5.89. The predicted molar refractivity (Wildman–Crippen MR) is 117 cm³/mol. The lowest BCUT2D eigenvalue weighted by Crippen LogP contribution is -2.36. The molecule has 0 bridgehead atoms. The zero-order chi connectivity index (χ0) is 21.8. The molecule has 1 atom stereocenters. The van der Waals surface area contributed by atoms with Crippen molar-refractivity contribution in [3.05, 3.63) is 65.4 Å². The van der Waals surface area contributed by atoms with Gasteiger partial charge in [-0.05, 0) is 53.8 Å². The fourth-order valence-corrected chi connectivity index (χ4v) is 4.44. The smallest absolute Gasteiger partial charge is 0.226 e. The highest BCUT2D eigenvalue weighted by molar-refractivity contribution is 6.00. The molecule has 2 N–H and O–H groups in total. The zero-order valence-corrected chi connectivity index (χ0v) is 17.7. The molecule has 0 saturated carbocycles. The molecule has 2 aliphatic rings. The van der Waals surface area contributed by atoms with Crippen molar-refractivity contribution in [3.63, 3.8) is 0 Å². The number of phenols is 1. The molecule has 2 heterocycles. The van der Waals surface area contributed by atoms with Crippen molar-refractivity contribution in [2.45, 2.75) is 32.7 Å². The van der Waals surface area contributed by atoms with E-state index < -0.39 is 0 Å². The van der Waals surface area contributed by atoms with Crippen LogP contribution in [0.2, 0.25) is 0 Å². The Kier molecular flexibility index (Phi) is 4.36. The van der Waals surface area contributed by atoms with E-state index in [0.717, 1.165) is 34.6 Å². The number of ketones is 1. The maximum absolute atomic E-state index is 13.3. The van der Waals surface area contributed by atoms with Gasteiger partial charge < -0.3 is 15.2 Å². The lowest BCUT2D eigenvalue weighted by molar-refractivity contribution is -0.118. The first-order chi connectivity index (χ1) is 14.8.